The Kier molecular flexibility index (Phi) is 8.28. The maximum absolute atomic E-state index is 12.5. The summed E-state index contributed by atoms with van der Waals surface area (Å²) in [6.45, 7) is 3.74. The topological polar surface area (TPSA) is 44.8 Å². The molecule has 0 fully saturated rings. The Labute approximate surface area is 150 Å². The molecule has 0 amide bonds. The molecule has 1 aromatic carbocycles. The lowest BCUT2D eigenvalue weighted by Gasteiger charge is -2.20. The highest BCUT2D eigenvalue weighted by Gasteiger charge is 2.30. The summed E-state index contributed by atoms with van der Waals surface area (Å²) in [6.07, 6.45) is 0. The SMILES string of the molecule is CCOP(=O)(OCC)OC(=C(Br)Br)c1ccc(Cl)cc1Cl. The van der Waals surface area contributed by atoms with E-state index >= 15 is 0 Å². The number of halogens is 4. The fourth-order valence-electron chi connectivity index (χ4n) is 1.38. The Morgan fingerprint density at radius 3 is 2.19 bits per heavy atom. The normalized spacial score (nSPS) is 11.3. The molecule has 0 saturated heterocycles. The van der Waals surface area contributed by atoms with Crippen LogP contribution in [0.15, 0.2) is 21.6 Å². The minimum atomic E-state index is -3.74. The third-order valence-electron chi connectivity index (χ3n) is 2.12. The van der Waals surface area contributed by atoms with Crippen LogP contribution in [0.2, 0.25) is 10.0 Å². The van der Waals surface area contributed by atoms with Gasteiger partial charge in [-0.1, -0.05) is 23.2 Å². The van der Waals surface area contributed by atoms with Crippen molar-refractivity contribution in [3.8, 4) is 0 Å². The molecule has 0 atom stereocenters. The fourth-order valence-corrected chi connectivity index (χ4v) is 3.94. The van der Waals surface area contributed by atoms with Crippen LogP contribution in [-0.4, -0.2) is 13.2 Å². The molecule has 0 aliphatic carbocycles. The van der Waals surface area contributed by atoms with Gasteiger partial charge in [-0.05, 0) is 63.9 Å². The van der Waals surface area contributed by atoms with Crippen LogP contribution in [0.25, 0.3) is 5.76 Å². The molecule has 21 heavy (non-hydrogen) atoms. The van der Waals surface area contributed by atoms with Crippen LogP contribution in [-0.2, 0) is 18.1 Å². The zero-order valence-electron chi connectivity index (χ0n) is 11.2. The average Bonchev–Trinajstić information content (AvgIpc) is 2.37. The van der Waals surface area contributed by atoms with Crippen molar-refractivity contribution in [2.75, 3.05) is 13.2 Å². The number of benzene rings is 1. The van der Waals surface area contributed by atoms with Crippen molar-refractivity contribution in [1.82, 2.24) is 0 Å². The molecule has 0 unspecified atom stereocenters. The van der Waals surface area contributed by atoms with E-state index in [0.717, 1.165) is 0 Å². The van der Waals surface area contributed by atoms with E-state index in [1.807, 2.05) is 0 Å². The molecule has 0 bridgehead atoms. The number of phosphoric ester groups is 1. The maximum atomic E-state index is 12.5. The average molecular weight is 483 g/mol. The Morgan fingerprint density at radius 1 is 1.19 bits per heavy atom. The van der Waals surface area contributed by atoms with Gasteiger partial charge in [0.15, 0.2) is 5.76 Å². The number of rotatable bonds is 7. The molecular weight excluding hydrogens is 470 g/mol. The van der Waals surface area contributed by atoms with Crippen LogP contribution in [0.4, 0.5) is 0 Å². The highest BCUT2D eigenvalue weighted by atomic mass is 79.9. The van der Waals surface area contributed by atoms with Crippen molar-refractivity contribution in [3.05, 3.63) is 37.2 Å². The Balaban J connectivity index is 3.20. The van der Waals surface area contributed by atoms with Crippen LogP contribution in [0, 0.1) is 0 Å². The van der Waals surface area contributed by atoms with E-state index in [1.165, 1.54) is 0 Å². The lowest BCUT2D eigenvalue weighted by atomic mass is 10.2. The third kappa shape index (κ3) is 5.87. The van der Waals surface area contributed by atoms with E-state index in [2.05, 4.69) is 31.9 Å². The van der Waals surface area contributed by atoms with Gasteiger partial charge < -0.3 is 4.52 Å². The van der Waals surface area contributed by atoms with Crippen molar-refractivity contribution in [2.45, 2.75) is 13.8 Å². The zero-order chi connectivity index (χ0) is 16.0. The summed E-state index contributed by atoms with van der Waals surface area (Å²) >= 11 is 18.5. The Bertz CT molecular complexity index is 566. The van der Waals surface area contributed by atoms with Crippen LogP contribution < -0.4 is 0 Å². The Morgan fingerprint density at radius 2 is 1.76 bits per heavy atom. The van der Waals surface area contributed by atoms with E-state index in [0.29, 0.717) is 19.0 Å². The largest absolute Gasteiger partial charge is 0.530 e. The molecule has 0 spiro atoms. The van der Waals surface area contributed by atoms with Crippen molar-refractivity contribution < 1.29 is 18.1 Å². The predicted molar refractivity (Wildman–Crippen MR) is 93.2 cm³/mol. The Hall–Kier alpha value is 0.450. The first-order chi connectivity index (χ1) is 9.83. The van der Waals surface area contributed by atoms with Gasteiger partial charge in [-0.25, -0.2) is 4.57 Å². The second-order valence-electron chi connectivity index (χ2n) is 3.59. The predicted octanol–water partition coefficient (Wildman–Crippen LogP) is 6.61. The molecule has 0 N–H and O–H groups in total. The molecular formula is C12H13Br2Cl2O4P. The molecule has 0 aliphatic rings. The third-order valence-corrected chi connectivity index (χ3v) is 4.95. The molecule has 0 radical (unpaired) electrons. The van der Waals surface area contributed by atoms with Crippen LogP contribution in [0.1, 0.15) is 19.4 Å². The molecule has 1 aromatic rings. The number of phosphoric acid groups is 1. The second-order valence-corrected chi connectivity index (χ2v) is 8.67. The molecule has 0 heterocycles. The van der Waals surface area contributed by atoms with E-state index in [4.69, 9.17) is 36.8 Å². The number of hydrogen-bond donors (Lipinski definition) is 0. The lowest BCUT2D eigenvalue weighted by molar-refractivity contribution is 0.159. The standard InChI is InChI=1S/C12H13Br2Cl2O4P/c1-3-18-21(17,19-4-2)20-11(12(13)14)9-6-5-8(15)7-10(9)16/h5-7H,3-4H2,1-2H3. The van der Waals surface area contributed by atoms with Gasteiger partial charge in [-0.15, -0.1) is 0 Å². The van der Waals surface area contributed by atoms with Gasteiger partial charge in [0.2, 0.25) is 0 Å². The van der Waals surface area contributed by atoms with Crippen LogP contribution in [0.5, 0.6) is 0 Å². The highest BCUT2D eigenvalue weighted by Crippen LogP contribution is 2.54. The van der Waals surface area contributed by atoms with E-state index in [1.54, 1.807) is 32.0 Å². The first kappa shape index (κ1) is 19.5. The van der Waals surface area contributed by atoms with E-state index in [-0.39, 0.29) is 19.0 Å². The lowest BCUT2D eigenvalue weighted by Crippen LogP contribution is -2.01. The summed E-state index contributed by atoms with van der Waals surface area (Å²) in [4.78, 5) is 0. The summed E-state index contributed by atoms with van der Waals surface area (Å²) in [5.41, 5.74) is 0.490. The first-order valence-corrected chi connectivity index (χ1v) is 9.72. The van der Waals surface area contributed by atoms with Crippen LogP contribution in [0.3, 0.4) is 0 Å². The smallest absolute Gasteiger partial charge is 0.402 e. The molecule has 0 aliphatic heterocycles. The van der Waals surface area contributed by atoms with Crippen molar-refractivity contribution in [1.29, 1.82) is 0 Å². The fraction of sp³-hybridized carbons (Fsp3) is 0.333. The van der Waals surface area contributed by atoms with E-state index < -0.39 is 7.82 Å². The van der Waals surface area contributed by atoms with Gasteiger partial charge in [0, 0.05) is 10.6 Å². The quantitative estimate of drug-likeness (QED) is 0.324. The minimum Gasteiger partial charge on any atom is -0.402 e. The summed E-state index contributed by atoms with van der Waals surface area (Å²) in [7, 11) is -3.74. The van der Waals surface area contributed by atoms with Crippen molar-refractivity contribution >= 4 is 68.6 Å². The molecule has 118 valence electrons. The molecule has 0 saturated carbocycles. The highest BCUT2D eigenvalue weighted by molar-refractivity contribution is 9.28. The summed E-state index contributed by atoms with van der Waals surface area (Å²) in [6, 6.07) is 4.84. The zero-order valence-corrected chi connectivity index (χ0v) is 16.8. The monoisotopic (exact) mass is 480 g/mol. The summed E-state index contributed by atoms with van der Waals surface area (Å²) < 4.78 is 28.5. The number of hydrogen-bond acceptors (Lipinski definition) is 4. The second kappa shape index (κ2) is 8.92. The molecule has 4 nitrogen and oxygen atoms in total. The van der Waals surface area contributed by atoms with Crippen molar-refractivity contribution in [3.63, 3.8) is 0 Å². The van der Waals surface area contributed by atoms with Gasteiger partial charge in [0.1, 0.15) is 3.39 Å². The summed E-state index contributed by atoms with van der Waals surface area (Å²) in [5, 5.41) is 0.819. The maximum Gasteiger partial charge on any atom is 0.530 e. The summed E-state index contributed by atoms with van der Waals surface area (Å²) in [5.74, 6) is 0.196. The molecule has 1 rings (SSSR count). The first-order valence-electron chi connectivity index (χ1n) is 5.92. The van der Waals surface area contributed by atoms with E-state index in [9.17, 15) is 4.57 Å². The van der Waals surface area contributed by atoms with Crippen LogP contribution >= 0.6 is 62.9 Å². The van der Waals surface area contributed by atoms with Gasteiger partial charge in [-0.2, -0.15) is 0 Å². The molecule has 0 aromatic heterocycles. The van der Waals surface area contributed by atoms with Gasteiger partial charge >= 0.3 is 7.82 Å². The van der Waals surface area contributed by atoms with Gasteiger partial charge in [-0.3, -0.25) is 9.05 Å². The van der Waals surface area contributed by atoms with Gasteiger partial charge in [0.05, 0.1) is 18.2 Å². The van der Waals surface area contributed by atoms with Gasteiger partial charge in [0.25, 0.3) is 0 Å². The van der Waals surface area contributed by atoms with Crippen molar-refractivity contribution in [2.24, 2.45) is 0 Å². The minimum absolute atomic E-state index is 0.179. The molecule has 9 heteroatoms.